The number of anilines is 3. The zero-order valence-electron chi connectivity index (χ0n) is 19.4. The number of urea groups is 1. The first-order valence-electron chi connectivity index (χ1n) is 11.4. The van der Waals surface area contributed by atoms with Gasteiger partial charge in [-0.25, -0.2) is 4.79 Å². The van der Waals surface area contributed by atoms with Gasteiger partial charge >= 0.3 is 6.03 Å². The molecule has 3 aromatic rings. The highest BCUT2D eigenvalue weighted by Gasteiger charge is 2.21. The summed E-state index contributed by atoms with van der Waals surface area (Å²) in [7, 11) is 0. The third kappa shape index (κ3) is 6.35. The van der Waals surface area contributed by atoms with Gasteiger partial charge in [-0.2, -0.15) is 0 Å². The number of nitrogens with one attached hydrogen (secondary N) is 2. The van der Waals surface area contributed by atoms with E-state index in [0.29, 0.717) is 30.9 Å². The fraction of sp³-hybridized carbons (Fsp3) is 0.231. The quantitative estimate of drug-likeness (QED) is 0.407. The van der Waals surface area contributed by atoms with E-state index in [2.05, 4.69) is 21.6 Å². The van der Waals surface area contributed by atoms with Crippen molar-refractivity contribution in [1.29, 1.82) is 0 Å². The van der Waals surface area contributed by atoms with E-state index in [1.165, 1.54) is 24.3 Å². The number of nitro groups is 1. The number of amides is 3. The van der Waals surface area contributed by atoms with Crippen LogP contribution in [0.25, 0.3) is 0 Å². The number of rotatable bonds is 6. The average molecular weight is 474 g/mol. The Morgan fingerprint density at radius 2 is 1.49 bits per heavy atom. The third-order valence-electron chi connectivity index (χ3n) is 5.90. The Morgan fingerprint density at radius 3 is 2.06 bits per heavy atom. The Balaban J connectivity index is 1.25. The Morgan fingerprint density at radius 1 is 0.886 bits per heavy atom. The normalized spacial score (nSPS) is 13.3. The van der Waals surface area contributed by atoms with Crippen LogP contribution in [-0.2, 0) is 11.2 Å². The molecule has 1 heterocycles. The first-order valence-corrected chi connectivity index (χ1v) is 11.4. The van der Waals surface area contributed by atoms with Crippen LogP contribution in [0.5, 0.6) is 0 Å². The standard InChI is InChI=1S/C26H27N5O4/c1-19-3-2-4-20(17-19)18-25(32)30-15-13-29(14-16-30)23-9-5-21(6-10-23)27-26(33)28-22-7-11-24(12-8-22)31(34)35/h2-12,17H,13-16,18H2,1H3,(H2,27,28,33). The minimum Gasteiger partial charge on any atom is -0.368 e. The molecule has 4 rings (SSSR count). The lowest BCUT2D eigenvalue weighted by atomic mass is 10.1. The topological polar surface area (TPSA) is 108 Å². The molecule has 9 heteroatoms. The smallest absolute Gasteiger partial charge is 0.323 e. The van der Waals surface area contributed by atoms with Crippen molar-refractivity contribution in [3.8, 4) is 0 Å². The minimum atomic E-state index is -0.491. The zero-order valence-corrected chi connectivity index (χ0v) is 19.4. The van der Waals surface area contributed by atoms with Gasteiger partial charge in [0, 0.05) is 55.4 Å². The highest BCUT2D eigenvalue weighted by molar-refractivity contribution is 5.99. The van der Waals surface area contributed by atoms with E-state index in [4.69, 9.17) is 0 Å². The Kier molecular flexibility index (Phi) is 7.25. The number of nitrogens with zero attached hydrogens (tertiary/aromatic N) is 3. The van der Waals surface area contributed by atoms with Gasteiger partial charge in [0.25, 0.3) is 5.69 Å². The molecular formula is C26H27N5O4. The monoisotopic (exact) mass is 473 g/mol. The Hall–Kier alpha value is -4.40. The van der Waals surface area contributed by atoms with Crippen molar-refractivity contribution in [2.45, 2.75) is 13.3 Å². The molecule has 0 saturated carbocycles. The first kappa shape index (κ1) is 23.7. The van der Waals surface area contributed by atoms with Crippen molar-refractivity contribution in [3.63, 3.8) is 0 Å². The highest BCUT2D eigenvalue weighted by atomic mass is 16.6. The van der Waals surface area contributed by atoms with Crippen molar-refractivity contribution in [2.24, 2.45) is 0 Å². The van der Waals surface area contributed by atoms with Gasteiger partial charge in [0.05, 0.1) is 11.3 Å². The lowest BCUT2D eigenvalue weighted by Crippen LogP contribution is -2.49. The number of piperazine rings is 1. The average Bonchev–Trinajstić information content (AvgIpc) is 2.85. The van der Waals surface area contributed by atoms with Crippen LogP contribution in [-0.4, -0.2) is 47.9 Å². The summed E-state index contributed by atoms with van der Waals surface area (Å²) in [4.78, 5) is 39.3. The van der Waals surface area contributed by atoms with E-state index in [9.17, 15) is 19.7 Å². The van der Waals surface area contributed by atoms with Gasteiger partial charge in [-0.05, 0) is 48.9 Å². The molecule has 0 atom stereocenters. The van der Waals surface area contributed by atoms with Gasteiger partial charge in [0.15, 0.2) is 0 Å². The number of carbonyl (C=O) groups excluding carboxylic acids is 2. The summed E-state index contributed by atoms with van der Waals surface area (Å²) in [6.45, 7) is 4.85. The van der Waals surface area contributed by atoms with Crippen LogP contribution >= 0.6 is 0 Å². The maximum atomic E-state index is 12.7. The van der Waals surface area contributed by atoms with Crippen LogP contribution in [0, 0.1) is 17.0 Å². The molecule has 1 saturated heterocycles. The lowest BCUT2D eigenvalue weighted by Gasteiger charge is -2.36. The van der Waals surface area contributed by atoms with Crippen molar-refractivity contribution in [3.05, 3.63) is 94.0 Å². The van der Waals surface area contributed by atoms with E-state index in [1.54, 1.807) is 0 Å². The van der Waals surface area contributed by atoms with Gasteiger partial charge in [-0.3, -0.25) is 14.9 Å². The summed E-state index contributed by atoms with van der Waals surface area (Å²) in [6, 6.07) is 20.7. The molecule has 180 valence electrons. The van der Waals surface area contributed by atoms with E-state index < -0.39 is 11.0 Å². The van der Waals surface area contributed by atoms with Gasteiger partial charge < -0.3 is 20.4 Å². The van der Waals surface area contributed by atoms with Crippen molar-refractivity contribution < 1.29 is 14.5 Å². The molecule has 0 bridgehead atoms. The van der Waals surface area contributed by atoms with E-state index in [0.717, 1.165) is 29.9 Å². The largest absolute Gasteiger partial charge is 0.368 e. The van der Waals surface area contributed by atoms with Crippen molar-refractivity contribution in [1.82, 2.24) is 4.90 Å². The number of aryl methyl sites for hydroxylation is 1. The predicted molar refractivity (Wildman–Crippen MR) is 136 cm³/mol. The fourth-order valence-electron chi connectivity index (χ4n) is 4.04. The number of benzene rings is 3. The highest BCUT2D eigenvalue weighted by Crippen LogP contribution is 2.21. The summed E-state index contributed by atoms with van der Waals surface area (Å²) in [5, 5.41) is 16.1. The third-order valence-corrected chi connectivity index (χ3v) is 5.90. The second kappa shape index (κ2) is 10.7. The van der Waals surface area contributed by atoms with Crippen molar-refractivity contribution in [2.75, 3.05) is 41.7 Å². The molecule has 0 unspecified atom stereocenters. The predicted octanol–water partition coefficient (Wildman–Crippen LogP) is 4.44. The second-order valence-electron chi connectivity index (χ2n) is 8.46. The number of hydrogen-bond acceptors (Lipinski definition) is 5. The molecule has 1 aliphatic rings. The molecule has 2 N–H and O–H groups in total. The molecule has 1 aliphatic heterocycles. The minimum absolute atomic E-state index is 0.0389. The number of carbonyl (C=O) groups is 2. The van der Waals surface area contributed by atoms with Crippen LogP contribution in [0.1, 0.15) is 11.1 Å². The zero-order chi connectivity index (χ0) is 24.8. The van der Waals surface area contributed by atoms with Gasteiger partial charge in [-0.1, -0.05) is 29.8 Å². The Labute approximate surface area is 203 Å². The molecule has 9 nitrogen and oxygen atoms in total. The maximum absolute atomic E-state index is 12.7. The van der Waals surface area contributed by atoms with Crippen LogP contribution in [0.4, 0.5) is 27.5 Å². The van der Waals surface area contributed by atoms with Crippen LogP contribution in [0.15, 0.2) is 72.8 Å². The summed E-state index contributed by atoms with van der Waals surface area (Å²) in [6.07, 6.45) is 0.421. The molecular weight excluding hydrogens is 446 g/mol. The van der Waals surface area contributed by atoms with Gasteiger partial charge in [-0.15, -0.1) is 0 Å². The summed E-state index contributed by atoms with van der Waals surface area (Å²) < 4.78 is 0. The van der Waals surface area contributed by atoms with Crippen LogP contribution in [0.3, 0.4) is 0 Å². The molecule has 3 aromatic carbocycles. The molecule has 3 amide bonds. The maximum Gasteiger partial charge on any atom is 0.323 e. The first-order chi connectivity index (χ1) is 16.9. The summed E-state index contributed by atoms with van der Waals surface area (Å²) >= 11 is 0. The van der Waals surface area contributed by atoms with Crippen LogP contribution in [0.2, 0.25) is 0 Å². The van der Waals surface area contributed by atoms with E-state index >= 15 is 0 Å². The molecule has 1 fully saturated rings. The Bertz CT molecular complexity index is 1200. The van der Waals surface area contributed by atoms with E-state index in [1.807, 2.05) is 54.3 Å². The second-order valence-corrected chi connectivity index (χ2v) is 8.46. The number of hydrogen-bond donors (Lipinski definition) is 2. The number of non-ortho nitro benzene ring substituents is 1. The molecule has 35 heavy (non-hydrogen) atoms. The molecule has 0 aliphatic carbocycles. The summed E-state index contributed by atoms with van der Waals surface area (Å²) in [5.41, 5.74) is 4.26. The number of nitro benzene ring substituents is 1. The van der Waals surface area contributed by atoms with Gasteiger partial charge in [0.1, 0.15) is 0 Å². The lowest BCUT2D eigenvalue weighted by molar-refractivity contribution is -0.384. The summed E-state index contributed by atoms with van der Waals surface area (Å²) in [5.74, 6) is 0.147. The van der Waals surface area contributed by atoms with E-state index in [-0.39, 0.29) is 11.6 Å². The molecule has 0 radical (unpaired) electrons. The van der Waals surface area contributed by atoms with Crippen LogP contribution < -0.4 is 15.5 Å². The SMILES string of the molecule is Cc1cccc(CC(=O)N2CCN(c3ccc(NC(=O)Nc4ccc([N+](=O)[O-])cc4)cc3)CC2)c1. The fourth-order valence-corrected chi connectivity index (χ4v) is 4.04. The molecule has 0 spiro atoms. The van der Waals surface area contributed by atoms with Crippen molar-refractivity contribution >= 4 is 34.7 Å². The molecule has 0 aromatic heterocycles. The van der Waals surface area contributed by atoms with Gasteiger partial charge in [0.2, 0.25) is 5.91 Å².